The van der Waals surface area contributed by atoms with Gasteiger partial charge in [0.05, 0.1) is 0 Å². The van der Waals surface area contributed by atoms with Crippen LogP contribution >= 0.6 is 0 Å². The number of hydrogen-bond donors (Lipinski definition) is 1. The van der Waals surface area contributed by atoms with E-state index in [4.69, 9.17) is 0 Å². The zero-order valence-corrected chi connectivity index (χ0v) is 10.2. The van der Waals surface area contributed by atoms with E-state index in [1.54, 1.807) is 0 Å². The van der Waals surface area contributed by atoms with E-state index >= 15 is 0 Å². The highest BCUT2D eigenvalue weighted by Crippen LogP contribution is 1.91. The standard InChI is InChI=1S/C11H24N4/c1-13-6-4-12-5-7-14(2)9-11-15(3)10-8-13/h8,10,12H,4-7,9,11H2,1-3H3/b10-8-. The van der Waals surface area contributed by atoms with Crippen LogP contribution in [0.15, 0.2) is 12.4 Å². The summed E-state index contributed by atoms with van der Waals surface area (Å²) >= 11 is 0. The van der Waals surface area contributed by atoms with Crippen LogP contribution in [0.4, 0.5) is 0 Å². The van der Waals surface area contributed by atoms with Crippen LogP contribution < -0.4 is 5.32 Å². The molecule has 0 aromatic rings. The molecule has 0 fully saturated rings. The van der Waals surface area contributed by atoms with E-state index in [0.717, 1.165) is 39.3 Å². The van der Waals surface area contributed by atoms with Crippen LogP contribution in [-0.4, -0.2) is 75.1 Å². The first-order chi connectivity index (χ1) is 7.18. The third-order valence-electron chi connectivity index (χ3n) is 2.72. The van der Waals surface area contributed by atoms with Crippen LogP contribution in [-0.2, 0) is 0 Å². The summed E-state index contributed by atoms with van der Waals surface area (Å²) in [7, 11) is 6.42. The maximum absolute atomic E-state index is 3.44. The Morgan fingerprint density at radius 1 is 0.800 bits per heavy atom. The van der Waals surface area contributed by atoms with Crippen molar-refractivity contribution in [2.75, 3.05) is 60.4 Å². The number of nitrogens with zero attached hydrogens (tertiary/aromatic N) is 3. The van der Waals surface area contributed by atoms with E-state index in [1.807, 2.05) is 0 Å². The molecule has 0 bridgehead atoms. The van der Waals surface area contributed by atoms with E-state index in [1.165, 1.54) is 0 Å². The molecule has 1 aliphatic heterocycles. The molecule has 0 saturated carbocycles. The Hall–Kier alpha value is -0.740. The van der Waals surface area contributed by atoms with Crippen molar-refractivity contribution in [3.05, 3.63) is 12.4 Å². The fourth-order valence-electron chi connectivity index (χ4n) is 1.47. The van der Waals surface area contributed by atoms with Crippen molar-refractivity contribution in [1.82, 2.24) is 20.0 Å². The predicted molar refractivity (Wildman–Crippen MR) is 64.8 cm³/mol. The lowest BCUT2D eigenvalue weighted by Gasteiger charge is -2.23. The highest BCUT2D eigenvalue weighted by molar-refractivity contribution is 4.81. The van der Waals surface area contributed by atoms with Crippen LogP contribution in [0, 0.1) is 0 Å². The second kappa shape index (κ2) is 6.69. The van der Waals surface area contributed by atoms with Gasteiger partial charge in [-0.2, -0.15) is 0 Å². The van der Waals surface area contributed by atoms with E-state index in [9.17, 15) is 0 Å². The van der Waals surface area contributed by atoms with Crippen molar-refractivity contribution < 1.29 is 0 Å². The normalized spacial score (nSPS) is 24.5. The van der Waals surface area contributed by atoms with E-state index in [-0.39, 0.29) is 0 Å². The predicted octanol–water partition coefficient (Wildman–Crippen LogP) is -0.144. The maximum Gasteiger partial charge on any atom is 0.0297 e. The highest BCUT2D eigenvalue weighted by atomic mass is 15.2. The van der Waals surface area contributed by atoms with Crippen molar-refractivity contribution in [3.8, 4) is 0 Å². The Morgan fingerprint density at radius 3 is 2.13 bits per heavy atom. The first-order valence-electron chi connectivity index (χ1n) is 5.66. The summed E-state index contributed by atoms with van der Waals surface area (Å²) in [5, 5.41) is 3.44. The lowest BCUT2D eigenvalue weighted by molar-refractivity contribution is 0.286. The summed E-state index contributed by atoms with van der Waals surface area (Å²) in [6, 6.07) is 0. The smallest absolute Gasteiger partial charge is 0.0297 e. The number of hydrogen-bond acceptors (Lipinski definition) is 4. The van der Waals surface area contributed by atoms with E-state index in [0.29, 0.717) is 0 Å². The van der Waals surface area contributed by atoms with E-state index in [2.05, 4.69) is 53.6 Å². The van der Waals surface area contributed by atoms with Gasteiger partial charge in [0.25, 0.3) is 0 Å². The molecule has 1 heterocycles. The van der Waals surface area contributed by atoms with Gasteiger partial charge in [0.1, 0.15) is 0 Å². The lowest BCUT2D eigenvalue weighted by atomic mass is 10.4. The Labute approximate surface area is 93.5 Å². The largest absolute Gasteiger partial charge is 0.378 e. The molecular formula is C11H24N4. The average Bonchev–Trinajstić information content (AvgIpc) is 2.21. The van der Waals surface area contributed by atoms with Gasteiger partial charge in [-0.25, -0.2) is 0 Å². The molecule has 1 N–H and O–H groups in total. The van der Waals surface area contributed by atoms with Crippen LogP contribution in [0.2, 0.25) is 0 Å². The summed E-state index contributed by atoms with van der Waals surface area (Å²) in [5.74, 6) is 0. The Kier molecular flexibility index (Phi) is 5.50. The first kappa shape index (κ1) is 12.3. The molecule has 0 atom stereocenters. The van der Waals surface area contributed by atoms with Crippen molar-refractivity contribution >= 4 is 0 Å². The van der Waals surface area contributed by atoms with E-state index < -0.39 is 0 Å². The zero-order chi connectivity index (χ0) is 11.1. The highest BCUT2D eigenvalue weighted by Gasteiger charge is 2.01. The summed E-state index contributed by atoms with van der Waals surface area (Å²) in [6.45, 7) is 6.53. The quantitative estimate of drug-likeness (QED) is 0.603. The summed E-state index contributed by atoms with van der Waals surface area (Å²) in [6.07, 6.45) is 4.29. The summed E-state index contributed by atoms with van der Waals surface area (Å²) < 4.78 is 0. The molecule has 15 heavy (non-hydrogen) atoms. The third kappa shape index (κ3) is 5.64. The molecule has 0 saturated heterocycles. The lowest BCUT2D eigenvalue weighted by Crippen LogP contribution is -2.36. The molecule has 0 aromatic carbocycles. The van der Waals surface area contributed by atoms with Gasteiger partial charge >= 0.3 is 0 Å². The van der Waals surface area contributed by atoms with Crippen LogP contribution in [0.3, 0.4) is 0 Å². The first-order valence-corrected chi connectivity index (χ1v) is 5.66. The number of nitrogens with one attached hydrogen (secondary N) is 1. The molecule has 0 amide bonds. The fraction of sp³-hybridized carbons (Fsp3) is 0.818. The minimum Gasteiger partial charge on any atom is -0.378 e. The summed E-state index contributed by atoms with van der Waals surface area (Å²) in [5.41, 5.74) is 0. The number of rotatable bonds is 0. The molecule has 0 radical (unpaired) electrons. The van der Waals surface area contributed by atoms with Crippen molar-refractivity contribution in [2.45, 2.75) is 0 Å². The molecule has 4 heteroatoms. The molecule has 0 aromatic heterocycles. The van der Waals surface area contributed by atoms with Crippen molar-refractivity contribution in [3.63, 3.8) is 0 Å². The van der Waals surface area contributed by atoms with Crippen molar-refractivity contribution in [2.24, 2.45) is 0 Å². The third-order valence-corrected chi connectivity index (χ3v) is 2.72. The van der Waals surface area contributed by atoms with Crippen LogP contribution in [0.5, 0.6) is 0 Å². The molecular weight excluding hydrogens is 188 g/mol. The van der Waals surface area contributed by atoms with Gasteiger partial charge in [-0.15, -0.1) is 0 Å². The van der Waals surface area contributed by atoms with Crippen LogP contribution in [0.25, 0.3) is 0 Å². The monoisotopic (exact) mass is 212 g/mol. The van der Waals surface area contributed by atoms with Gasteiger partial charge in [-0.05, 0) is 7.05 Å². The molecule has 1 aliphatic rings. The SMILES string of the molecule is CN1/C=C\N(C)CCN(C)CCNCC1. The second-order valence-electron chi connectivity index (χ2n) is 4.31. The Bertz CT molecular complexity index is 193. The van der Waals surface area contributed by atoms with Gasteiger partial charge in [-0.1, -0.05) is 0 Å². The fourth-order valence-corrected chi connectivity index (χ4v) is 1.47. The average molecular weight is 212 g/mol. The molecule has 0 aliphatic carbocycles. The van der Waals surface area contributed by atoms with Gasteiger partial charge in [-0.3, -0.25) is 0 Å². The summed E-state index contributed by atoms with van der Waals surface area (Å²) in [4.78, 5) is 6.82. The number of likely N-dealkylation sites (N-methyl/N-ethyl adjacent to an activating group) is 3. The zero-order valence-electron chi connectivity index (χ0n) is 10.2. The minimum atomic E-state index is 1.05. The molecule has 4 nitrogen and oxygen atoms in total. The van der Waals surface area contributed by atoms with Gasteiger partial charge in [0.2, 0.25) is 0 Å². The van der Waals surface area contributed by atoms with Gasteiger partial charge in [0, 0.05) is 65.8 Å². The molecule has 0 unspecified atom stereocenters. The Morgan fingerprint density at radius 2 is 1.40 bits per heavy atom. The second-order valence-corrected chi connectivity index (χ2v) is 4.31. The topological polar surface area (TPSA) is 21.8 Å². The molecule has 88 valence electrons. The Balaban J connectivity index is 2.42. The molecule has 0 spiro atoms. The van der Waals surface area contributed by atoms with Gasteiger partial charge in [0.15, 0.2) is 0 Å². The van der Waals surface area contributed by atoms with Crippen molar-refractivity contribution in [1.29, 1.82) is 0 Å². The van der Waals surface area contributed by atoms with Gasteiger partial charge < -0.3 is 20.0 Å². The van der Waals surface area contributed by atoms with Crippen LogP contribution in [0.1, 0.15) is 0 Å². The minimum absolute atomic E-state index is 1.05. The molecule has 1 rings (SSSR count). The maximum atomic E-state index is 3.44.